The number of alkyl halides is 3. The lowest BCUT2D eigenvalue weighted by atomic mass is 9.83. The Morgan fingerprint density at radius 1 is 1.28 bits per heavy atom. The van der Waals surface area contributed by atoms with E-state index in [0.717, 1.165) is 4.68 Å². The lowest BCUT2D eigenvalue weighted by Gasteiger charge is -2.28. The van der Waals surface area contributed by atoms with Crippen LogP contribution in [0.25, 0.3) is 5.82 Å². The Bertz CT molecular complexity index is 1040. The monoisotopic (exact) mass is 471 g/mol. The van der Waals surface area contributed by atoms with Crippen LogP contribution < -0.4 is 10.6 Å². The highest BCUT2D eigenvalue weighted by Gasteiger charge is 2.53. The van der Waals surface area contributed by atoms with E-state index in [2.05, 4.69) is 20.7 Å². The summed E-state index contributed by atoms with van der Waals surface area (Å²) in [6, 6.07) is 2.77. The molecule has 0 unspecified atom stereocenters. The summed E-state index contributed by atoms with van der Waals surface area (Å²) in [7, 11) is 0. The molecule has 32 heavy (non-hydrogen) atoms. The number of amides is 2. The van der Waals surface area contributed by atoms with Crippen molar-refractivity contribution >= 4 is 23.4 Å². The molecule has 0 aliphatic carbocycles. The van der Waals surface area contributed by atoms with Gasteiger partial charge in [0.1, 0.15) is 5.69 Å². The van der Waals surface area contributed by atoms with Crippen molar-refractivity contribution < 1.29 is 27.5 Å². The molecule has 2 N–H and O–H groups in total. The zero-order valence-electron chi connectivity index (χ0n) is 17.2. The van der Waals surface area contributed by atoms with Crippen LogP contribution in [0.2, 0.25) is 5.02 Å². The molecule has 4 rings (SSSR count). The van der Waals surface area contributed by atoms with E-state index in [9.17, 15) is 22.8 Å². The van der Waals surface area contributed by atoms with Crippen LogP contribution in [-0.2, 0) is 15.7 Å². The number of pyridine rings is 1. The number of carbonyl (C=O) groups is 2. The van der Waals surface area contributed by atoms with Crippen LogP contribution in [0, 0.1) is 5.92 Å². The second kappa shape index (κ2) is 8.36. The minimum atomic E-state index is -4.78. The summed E-state index contributed by atoms with van der Waals surface area (Å²) in [5, 5.41) is 9.07. The third kappa shape index (κ3) is 4.18. The van der Waals surface area contributed by atoms with E-state index in [1.807, 2.05) is 13.8 Å². The van der Waals surface area contributed by atoms with Gasteiger partial charge in [-0.3, -0.25) is 9.59 Å². The molecule has 0 spiro atoms. The molecule has 2 amide bonds. The molecular formula is C20H21ClF3N5O3. The Kier molecular flexibility index (Phi) is 5.89. The van der Waals surface area contributed by atoms with Crippen molar-refractivity contribution in [2.45, 2.75) is 57.2 Å². The van der Waals surface area contributed by atoms with Crippen LogP contribution in [0.1, 0.15) is 42.9 Å². The van der Waals surface area contributed by atoms with Gasteiger partial charge in [-0.25, -0.2) is 9.67 Å². The SMILES string of the molecule is CC(C)NC(=O)[C@@H]1[C@H](NC(=O)c2cc(C(F)(F)F)nn2-c2ncccc2Cl)[C@@H]2CC[C@H]1O2. The van der Waals surface area contributed by atoms with Gasteiger partial charge in [-0.1, -0.05) is 11.6 Å². The fourth-order valence-corrected chi connectivity index (χ4v) is 4.38. The maximum atomic E-state index is 13.3. The van der Waals surface area contributed by atoms with Gasteiger partial charge in [0.25, 0.3) is 5.91 Å². The molecule has 172 valence electrons. The van der Waals surface area contributed by atoms with Gasteiger partial charge in [-0.2, -0.15) is 18.3 Å². The number of halogens is 4. The number of aromatic nitrogens is 3. The molecule has 12 heteroatoms. The lowest BCUT2D eigenvalue weighted by molar-refractivity contribution is -0.141. The van der Waals surface area contributed by atoms with Crippen molar-refractivity contribution in [2.75, 3.05) is 0 Å². The van der Waals surface area contributed by atoms with E-state index in [4.69, 9.17) is 16.3 Å². The molecule has 0 saturated carbocycles. The number of nitrogens with zero attached hydrogens (tertiary/aromatic N) is 3. The molecule has 2 aliphatic rings. The molecule has 4 heterocycles. The maximum absolute atomic E-state index is 13.3. The van der Waals surface area contributed by atoms with E-state index in [1.54, 1.807) is 0 Å². The number of fused-ring (bicyclic) bond motifs is 2. The molecule has 4 atom stereocenters. The van der Waals surface area contributed by atoms with Gasteiger partial charge in [0.05, 0.1) is 29.2 Å². The van der Waals surface area contributed by atoms with Crippen LogP contribution in [-0.4, -0.2) is 50.9 Å². The van der Waals surface area contributed by atoms with Crippen molar-refractivity contribution in [1.29, 1.82) is 0 Å². The zero-order valence-corrected chi connectivity index (χ0v) is 17.9. The van der Waals surface area contributed by atoms with E-state index < -0.39 is 41.5 Å². The molecule has 2 bridgehead atoms. The third-order valence-electron chi connectivity index (χ3n) is 5.48. The van der Waals surface area contributed by atoms with Crippen molar-refractivity contribution in [2.24, 2.45) is 5.92 Å². The topological polar surface area (TPSA) is 98.1 Å². The Labute approximate surface area is 186 Å². The summed E-state index contributed by atoms with van der Waals surface area (Å²) >= 11 is 6.08. The number of rotatable bonds is 5. The molecule has 0 radical (unpaired) electrons. The second-order valence-electron chi connectivity index (χ2n) is 8.11. The predicted molar refractivity (Wildman–Crippen MR) is 107 cm³/mol. The highest BCUT2D eigenvalue weighted by atomic mass is 35.5. The van der Waals surface area contributed by atoms with Crippen molar-refractivity contribution in [3.8, 4) is 5.82 Å². The largest absolute Gasteiger partial charge is 0.435 e. The van der Waals surface area contributed by atoms with E-state index in [0.29, 0.717) is 18.9 Å². The summed E-state index contributed by atoms with van der Waals surface area (Å²) in [6.07, 6.45) is -2.90. The van der Waals surface area contributed by atoms with E-state index >= 15 is 0 Å². The number of hydrogen-bond donors (Lipinski definition) is 2. The average molecular weight is 472 g/mol. The number of hydrogen-bond acceptors (Lipinski definition) is 5. The highest BCUT2D eigenvalue weighted by Crippen LogP contribution is 2.39. The first-order valence-electron chi connectivity index (χ1n) is 10.1. The predicted octanol–water partition coefficient (Wildman–Crippen LogP) is 2.74. The van der Waals surface area contributed by atoms with Gasteiger partial charge in [0, 0.05) is 18.3 Å². The van der Waals surface area contributed by atoms with Gasteiger partial charge in [0.15, 0.2) is 11.5 Å². The molecule has 2 aromatic heterocycles. The molecule has 2 fully saturated rings. The van der Waals surface area contributed by atoms with Crippen molar-refractivity contribution in [1.82, 2.24) is 25.4 Å². The molecular weight excluding hydrogens is 451 g/mol. The summed E-state index contributed by atoms with van der Waals surface area (Å²) in [5.41, 5.74) is -1.66. The summed E-state index contributed by atoms with van der Waals surface area (Å²) < 4.78 is 46.6. The van der Waals surface area contributed by atoms with Crippen molar-refractivity contribution in [3.63, 3.8) is 0 Å². The molecule has 2 aromatic rings. The lowest BCUT2D eigenvalue weighted by Crippen LogP contribution is -2.53. The fourth-order valence-electron chi connectivity index (χ4n) is 4.18. The standard InChI is InChI=1S/C20H21ClF3N5O3/c1-9(2)26-19(31)15-12-5-6-13(32-12)16(15)27-18(30)11-8-14(20(22,23)24)28-29(11)17-10(21)4-3-7-25-17/h3-4,7-9,12-13,15-16H,5-6H2,1-2H3,(H,26,31)(H,27,30)/t12-,13+,15+,16-/m1/s1. The first-order chi connectivity index (χ1) is 15.1. The van der Waals surface area contributed by atoms with E-state index in [1.165, 1.54) is 18.3 Å². The van der Waals surface area contributed by atoms with Gasteiger partial charge in [0.2, 0.25) is 5.91 Å². The zero-order chi connectivity index (χ0) is 23.2. The maximum Gasteiger partial charge on any atom is 0.435 e. The number of nitrogens with one attached hydrogen (secondary N) is 2. The van der Waals surface area contributed by atoms with Gasteiger partial charge in [-0.05, 0) is 38.8 Å². The summed E-state index contributed by atoms with van der Waals surface area (Å²) in [6.45, 7) is 3.63. The smallest absolute Gasteiger partial charge is 0.372 e. The van der Waals surface area contributed by atoms with Gasteiger partial charge >= 0.3 is 6.18 Å². The Hall–Kier alpha value is -2.66. The van der Waals surface area contributed by atoms with Crippen LogP contribution in [0.3, 0.4) is 0 Å². The van der Waals surface area contributed by atoms with Gasteiger partial charge < -0.3 is 15.4 Å². The van der Waals surface area contributed by atoms with Crippen molar-refractivity contribution in [3.05, 3.63) is 40.8 Å². The van der Waals surface area contributed by atoms with Crippen LogP contribution in [0.4, 0.5) is 13.2 Å². The minimum absolute atomic E-state index is 0.0239. The van der Waals surface area contributed by atoms with Gasteiger partial charge in [-0.15, -0.1) is 0 Å². The quantitative estimate of drug-likeness (QED) is 0.698. The van der Waals surface area contributed by atoms with Crippen LogP contribution in [0.15, 0.2) is 24.4 Å². The fraction of sp³-hybridized carbons (Fsp3) is 0.500. The number of carbonyl (C=O) groups excluding carboxylic acids is 2. The first-order valence-corrected chi connectivity index (χ1v) is 10.5. The highest BCUT2D eigenvalue weighted by molar-refractivity contribution is 6.32. The Morgan fingerprint density at radius 2 is 2.00 bits per heavy atom. The van der Waals surface area contributed by atoms with E-state index in [-0.39, 0.29) is 28.9 Å². The van der Waals surface area contributed by atoms with Crippen LogP contribution >= 0.6 is 11.6 Å². The molecule has 8 nitrogen and oxygen atoms in total. The first kappa shape index (κ1) is 22.5. The van der Waals surface area contributed by atoms with Crippen LogP contribution in [0.5, 0.6) is 0 Å². The molecule has 0 aromatic carbocycles. The number of ether oxygens (including phenoxy) is 1. The molecule has 2 saturated heterocycles. The minimum Gasteiger partial charge on any atom is -0.372 e. The average Bonchev–Trinajstić information content (AvgIpc) is 3.41. The molecule has 2 aliphatic heterocycles. The Morgan fingerprint density at radius 3 is 2.66 bits per heavy atom. The summed E-state index contributed by atoms with van der Waals surface area (Å²) in [4.78, 5) is 29.8. The summed E-state index contributed by atoms with van der Waals surface area (Å²) in [5.74, 6) is -1.86. The second-order valence-corrected chi connectivity index (χ2v) is 8.52. The Balaban J connectivity index is 1.66. The normalized spacial score (nSPS) is 24.7. The third-order valence-corrected chi connectivity index (χ3v) is 5.77.